The maximum absolute atomic E-state index is 12.9. The molecule has 1 amide bonds. The molecule has 2 heterocycles. The van der Waals surface area contributed by atoms with Gasteiger partial charge in [0.05, 0.1) is 23.1 Å². The lowest BCUT2D eigenvalue weighted by Gasteiger charge is -2.31. The molecule has 134 valence electrons. The van der Waals surface area contributed by atoms with E-state index in [9.17, 15) is 4.79 Å². The van der Waals surface area contributed by atoms with Crippen molar-refractivity contribution in [2.24, 2.45) is 5.92 Å². The van der Waals surface area contributed by atoms with E-state index < -0.39 is 0 Å². The van der Waals surface area contributed by atoms with Crippen molar-refractivity contribution < 1.29 is 9.53 Å². The summed E-state index contributed by atoms with van der Waals surface area (Å²) in [4.78, 5) is 14.8. The molecule has 3 rings (SSSR count). The molecule has 1 aliphatic rings. The van der Waals surface area contributed by atoms with E-state index in [4.69, 9.17) is 4.74 Å². The summed E-state index contributed by atoms with van der Waals surface area (Å²) in [6.45, 7) is 7.11. The maximum Gasteiger partial charge on any atom is 0.257 e. The minimum atomic E-state index is 0.0774. The van der Waals surface area contributed by atoms with Gasteiger partial charge in [0.2, 0.25) is 0 Å². The zero-order chi connectivity index (χ0) is 17.8. The number of likely N-dealkylation sites (tertiary alicyclic amines) is 1. The molecule has 0 bridgehead atoms. The minimum absolute atomic E-state index is 0.0774. The standard InChI is InChI=1S/C19H24BrN3O2/c1-3-25-13-15-7-9-22(10-8-15)19(24)18-12-21-23(14(18)2)17-6-4-5-16(20)11-17/h4-6,11-12,15H,3,7-10,13H2,1-2H3. The Morgan fingerprint density at radius 3 is 2.80 bits per heavy atom. The maximum atomic E-state index is 12.9. The van der Waals surface area contributed by atoms with Crippen LogP contribution in [0.1, 0.15) is 35.8 Å². The van der Waals surface area contributed by atoms with E-state index in [1.54, 1.807) is 6.20 Å². The van der Waals surface area contributed by atoms with Gasteiger partial charge in [-0.05, 0) is 50.8 Å². The van der Waals surface area contributed by atoms with Gasteiger partial charge in [0, 0.05) is 30.8 Å². The number of carbonyl (C=O) groups excluding carboxylic acids is 1. The fourth-order valence-electron chi connectivity index (χ4n) is 3.25. The number of benzene rings is 1. The minimum Gasteiger partial charge on any atom is -0.381 e. The zero-order valence-electron chi connectivity index (χ0n) is 14.7. The first kappa shape index (κ1) is 18.1. The van der Waals surface area contributed by atoms with Crippen molar-refractivity contribution in [2.75, 3.05) is 26.3 Å². The number of piperidine rings is 1. The Morgan fingerprint density at radius 1 is 1.36 bits per heavy atom. The third-order valence-electron chi connectivity index (χ3n) is 4.75. The largest absolute Gasteiger partial charge is 0.381 e. The Kier molecular flexibility index (Phi) is 5.91. The van der Waals surface area contributed by atoms with Crippen molar-refractivity contribution in [3.63, 3.8) is 0 Å². The molecule has 1 aromatic heterocycles. The molecule has 6 heteroatoms. The monoisotopic (exact) mass is 405 g/mol. The van der Waals surface area contributed by atoms with Crippen LogP contribution in [0.5, 0.6) is 0 Å². The van der Waals surface area contributed by atoms with Gasteiger partial charge in [-0.1, -0.05) is 22.0 Å². The summed E-state index contributed by atoms with van der Waals surface area (Å²) in [6.07, 6.45) is 3.69. The van der Waals surface area contributed by atoms with E-state index in [0.717, 1.165) is 55.0 Å². The number of hydrogen-bond acceptors (Lipinski definition) is 3. The van der Waals surface area contributed by atoms with E-state index in [1.807, 2.05) is 47.7 Å². The molecule has 0 radical (unpaired) electrons. The van der Waals surface area contributed by atoms with E-state index in [1.165, 1.54) is 0 Å². The van der Waals surface area contributed by atoms with E-state index in [-0.39, 0.29) is 5.91 Å². The van der Waals surface area contributed by atoms with Crippen LogP contribution in [0.25, 0.3) is 5.69 Å². The van der Waals surface area contributed by atoms with Gasteiger partial charge in [-0.25, -0.2) is 4.68 Å². The summed E-state index contributed by atoms with van der Waals surface area (Å²) >= 11 is 3.48. The second-order valence-electron chi connectivity index (χ2n) is 6.43. The third kappa shape index (κ3) is 4.12. The Bertz CT molecular complexity index is 736. The van der Waals surface area contributed by atoms with Gasteiger partial charge in [0.1, 0.15) is 0 Å². The molecule has 0 N–H and O–H groups in total. The summed E-state index contributed by atoms with van der Waals surface area (Å²) in [5.41, 5.74) is 2.50. The fraction of sp³-hybridized carbons (Fsp3) is 0.474. The second kappa shape index (κ2) is 8.15. The summed E-state index contributed by atoms with van der Waals surface area (Å²) in [5, 5.41) is 4.43. The Labute approximate surface area is 157 Å². The van der Waals surface area contributed by atoms with E-state index in [2.05, 4.69) is 21.0 Å². The summed E-state index contributed by atoms with van der Waals surface area (Å²) in [6, 6.07) is 7.91. The van der Waals surface area contributed by atoms with Crippen LogP contribution < -0.4 is 0 Å². The number of hydrogen-bond donors (Lipinski definition) is 0. The number of amides is 1. The molecule has 1 saturated heterocycles. The molecule has 0 spiro atoms. The molecule has 25 heavy (non-hydrogen) atoms. The van der Waals surface area contributed by atoms with Crippen molar-refractivity contribution in [3.8, 4) is 5.69 Å². The highest BCUT2D eigenvalue weighted by molar-refractivity contribution is 9.10. The zero-order valence-corrected chi connectivity index (χ0v) is 16.3. The van der Waals surface area contributed by atoms with Crippen molar-refractivity contribution in [1.29, 1.82) is 0 Å². The molecular formula is C19H24BrN3O2. The Balaban J connectivity index is 1.70. The lowest BCUT2D eigenvalue weighted by molar-refractivity contribution is 0.0550. The van der Waals surface area contributed by atoms with Crippen LogP contribution in [0.15, 0.2) is 34.9 Å². The fourth-order valence-corrected chi connectivity index (χ4v) is 3.63. The van der Waals surface area contributed by atoms with Crippen LogP contribution in [-0.2, 0) is 4.74 Å². The molecule has 0 atom stereocenters. The quantitative estimate of drug-likeness (QED) is 0.758. The van der Waals surface area contributed by atoms with Crippen LogP contribution in [0.4, 0.5) is 0 Å². The van der Waals surface area contributed by atoms with Crippen LogP contribution in [0, 0.1) is 12.8 Å². The normalized spacial score (nSPS) is 15.6. The van der Waals surface area contributed by atoms with E-state index >= 15 is 0 Å². The van der Waals surface area contributed by atoms with Gasteiger partial charge in [0.25, 0.3) is 5.91 Å². The van der Waals surface area contributed by atoms with Gasteiger partial charge in [0.15, 0.2) is 0 Å². The molecule has 5 nitrogen and oxygen atoms in total. The number of carbonyl (C=O) groups is 1. The first-order valence-electron chi connectivity index (χ1n) is 8.77. The average Bonchev–Trinajstić information content (AvgIpc) is 3.01. The average molecular weight is 406 g/mol. The van der Waals surface area contributed by atoms with Gasteiger partial charge in [-0.15, -0.1) is 0 Å². The lowest BCUT2D eigenvalue weighted by Crippen LogP contribution is -2.39. The van der Waals surface area contributed by atoms with Gasteiger partial charge < -0.3 is 9.64 Å². The van der Waals surface area contributed by atoms with Crippen molar-refractivity contribution in [2.45, 2.75) is 26.7 Å². The van der Waals surface area contributed by atoms with Gasteiger partial charge in [-0.3, -0.25) is 4.79 Å². The number of aromatic nitrogens is 2. The Hall–Kier alpha value is -1.66. The lowest BCUT2D eigenvalue weighted by atomic mass is 9.97. The highest BCUT2D eigenvalue weighted by Crippen LogP contribution is 2.22. The molecule has 0 saturated carbocycles. The molecule has 1 fully saturated rings. The van der Waals surface area contributed by atoms with Crippen LogP contribution in [-0.4, -0.2) is 46.9 Å². The number of ether oxygens (including phenoxy) is 1. The second-order valence-corrected chi connectivity index (χ2v) is 7.35. The number of rotatable bonds is 5. The number of nitrogens with zero attached hydrogens (tertiary/aromatic N) is 3. The summed E-state index contributed by atoms with van der Waals surface area (Å²) < 4.78 is 8.32. The predicted molar refractivity (Wildman–Crippen MR) is 101 cm³/mol. The predicted octanol–water partition coefficient (Wildman–Crippen LogP) is 3.83. The first-order chi connectivity index (χ1) is 12.1. The molecular weight excluding hydrogens is 382 g/mol. The smallest absolute Gasteiger partial charge is 0.257 e. The topological polar surface area (TPSA) is 47.4 Å². The Morgan fingerprint density at radius 2 is 2.12 bits per heavy atom. The molecule has 2 aromatic rings. The molecule has 0 unspecified atom stereocenters. The summed E-state index contributed by atoms with van der Waals surface area (Å²) in [5.74, 6) is 0.642. The molecule has 0 aliphatic carbocycles. The van der Waals surface area contributed by atoms with Gasteiger partial charge in [-0.2, -0.15) is 5.10 Å². The molecule has 1 aromatic carbocycles. The highest BCUT2D eigenvalue weighted by Gasteiger charge is 2.26. The van der Waals surface area contributed by atoms with Crippen LogP contribution in [0.2, 0.25) is 0 Å². The third-order valence-corrected chi connectivity index (χ3v) is 5.25. The first-order valence-corrected chi connectivity index (χ1v) is 9.57. The van der Waals surface area contributed by atoms with Crippen molar-refractivity contribution in [3.05, 3.63) is 46.2 Å². The summed E-state index contributed by atoms with van der Waals surface area (Å²) in [7, 11) is 0. The van der Waals surface area contributed by atoms with Crippen LogP contribution >= 0.6 is 15.9 Å². The SMILES string of the molecule is CCOCC1CCN(C(=O)c2cnn(-c3cccc(Br)c3)c2C)CC1. The van der Waals surface area contributed by atoms with Crippen LogP contribution in [0.3, 0.4) is 0 Å². The van der Waals surface area contributed by atoms with E-state index in [0.29, 0.717) is 11.5 Å². The van der Waals surface area contributed by atoms with Crippen molar-refractivity contribution in [1.82, 2.24) is 14.7 Å². The van der Waals surface area contributed by atoms with Gasteiger partial charge >= 0.3 is 0 Å². The van der Waals surface area contributed by atoms with Crippen molar-refractivity contribution >= 4 is 21.8 Å². The molecule has 1 aliphatic heterocycles. The number of halogens is 1. The highest BCUT2D eigenvalue weighted by atomic mass is 79.9.